The third-order valence-electron chi connectivity index (χ3n) is 3.52. The Morgan fingerprint density at radius 2 is 1.78 bits per heavy atom. The van der Waals surface area contributed by atoms with Gasteiger partial charge in [-0.2, -0.15) is 0 Å². The molecule has 0 saturated heterocycles. The van der Waals surface area contributed by atoms with Crippen molar-refractivity contribution in [3.8, 4) is 0 Å². The Bertz CT molecular complexity index is 205. The molecule has 0 heterocycles. The fourth-order valence-electron chi connectivity index (χ4n) is 2.10. The van der Waals surface area contributed by atoms with Crippen LogP contribution in [0.1, 0.15) is 48.0 Å². The van der Waals surface area contributed by atoms with E-state index in [9.17, 15) is 0 Å². The Labute approximate surface area is 114 Å². The molecule has 3 heteroatoms. The number of nitrogens with one attached hydrogen (secondary N) is 1. The van der Waals surface area contributed by atoms with Crippen LogP contribution in [0, 0.1) is 5.92 Å². The molecule has 1 unspecified atom stereocenters. The summed E-state index contributed by atoms with van der Waals surface area (Å²) in [6, 6.07) is 0.376. The van der Waals surface area contributed by atoms with Gasteiger partial charge in [0.25, 0.3) is 0 Å². The molecule has 18 heavy (non-hydrogen) atoms. The van der Waals surface area contributed by atoms with Gasteiger partial charge in [-0.15, -0.1) is 0 Å². The van der Waals surface area contributed by atoms with Crippen LogP contribution in [0.25, 0.3) is 0 Å². The van der Waals surface area contributed by atoms with Crippen molar-refractivity contribution in [2.45, 2.75) is 59.6 Å². The zero-order valence-corrected chi connectivity index (χ0v) is 13.5. The van der Waals surface area contributed by atoms with Crippen molar-refractivity contribution in [2.24, 2.45) is 5.92 Å². The monoisotopic (exact) mass is 258 g/mol. The van der Waals surface area contributed by atoms with Gasteiger partial charge in [-0.3, -0.25) is 0 Å². The number of hydrogen-bond donors (Lipinski definition) is 1. The molecule has 0 aliphatic carbocycles. The van der Waals surface area contributed by atoms with E-state index in [1.165, 1.54) is 0 Å². The van der Waals surface area contributed by atoms with Gasteiger partial charge in [-0.1, -0.05) is 27.7 Å². The zero-order chi connectivity index (χ0) is 14.2. The van der Waals surface area contributed by atoms with Crippen LogP contribution >= 0.6 is 0 Å². The average molecular weight is 258 g/mol. The molecule has 1 N–H and O–H groups in total. The van der Waals surface area contributed by atoms with Crippen molar-refractivity contribution in [3.63, 3.8) is 0 Å². The first-order valence-electron chi connectivity index (χ1n) is 7.38. The second-order valence-corrected chi connectivity index (χ2v) is 6.06. The van der Waals surface area contributed by atoms with Crippen LogP contribution in [-0.2, 0) is 4.74 Å². The number of likely N-dealkylation sites (N-methyl/N-ethyl adjacent to an activating group) is 1. The molecule has 0 aromatic heterocycles. The molecule has 0 aliphatic heterocycles. The molecule has 0 aromatic rings. The van der Waals surface area contributed by atoms with Crippen LogP contribution in [0.2, 0.25) is 0 Å². The Balaban J connectivity index is 4.54. The molecule has 0 saturated carbocycles. The third-order valence-corrected chi connectivity index (χ3v) is 3.52. The van der Waals surface area contributed by atoms with Crippen LogP contribution < -0.4 is 5.32 Å². The largest absolute Gasteiger partial charge is 0.377 e. The standard InChI is InChI=1S/C15H34N2O/c1-8-10-16-14(15(5,6)18-7)12-17(9-2)11-13(3)4/h13-14,16H,8-12H2,1-7H3. The van der Waals surface area contributed by atoms with Crippen molar-refractivity contribution in [1.29, 1.82) is 0 Å². The van der Waals surface area contributed by atoms with E-state index < -0.39 is 0 Å². The predicted octanol–water partition coefficient (Wildman–Crippen LogP) is 2.76. The Hall–Kier alpha value is -0.120. The molecule has 1 atom stereocenters. The maximum absolute atomic E-state index is 5.66. The average Bonchev–Trinajstić information content (AvgIpc) is 2.32. The summed E-state index contributed by atoms with van der Waals surface area (Å²) in [5.41, 5.74) is -0.125. The van der Waals surface area contributed by atoms with Crippen LogP contribution in [0.5, 0.6) is 0 Å². The molecule has 0 aromatic carbocycles. The minimum Gasteiger partial charge on any atom is -0.377 e. The van der Waals surface area contributed by atoms with E-state index >= 15 is 0 Å². The summed E-state index contributed by atoms with van der Waals surface area (Å²) in [6.07, 6.45) is 1.16. The molecule has 0 radical (unpaired) electrons. The fourth-order valence-corrected chi connectivity index (χ4v) is 2.10. The van der Waals surface area contributed by atoms with Gasteiger partial charge in [-0.25, -0.2) is 0 Å². The minimum absolute atomic E-state index is 0.125. The minimum atomic E-state index is -0.125. The lowest BCUT2D eigenvalue weighted by molar-refractivity contribution is -0.0202. The van der Waals surface area contributed by atoms with Crippen LogP contribution in [-0.4, -0.2) is 49.8 Å². The number of nitrogens with zero attached hydrogens (tertiary/aromatic N) is 1. The normalized spacial score (nSPS) is 14.5. The van der Waals surface area contributed by atoms with E-state index in [-0.39, 0.29) is 5.60 Å². The Morgan fingerprint density at radius 3 is 2.17 bits per heavy atom. The van der Waals surface area contributed by atoms with Crippen molar-refractivity contribution in [2.75, 3.05) is 33.3 Å². The molecule has 0 aliphatic rings. The Morgan fingerprint density at radius 1 is 1.17 bits per heavy atom. The van der Waals surface area contributed by atoms with Crippen molar-refractivity contribution >= 4 is 0 Å². The molecule has 0 rings (SSSR count). The third kappa shape index (κ3) is 6.72. The van der Waals surface area contributed by atoms with Crippen LogP contribution in [0.4, 0.5) is 0 Å². The molecular weight excluding hydrogens is 224 g/mol. The predicted molar refractivity (Wildman–Crippen MR) is 80.1 cm³/mol. The van der Waals surface area contributed by atoms with Gasteiger partial charge < -0.3 is 15.0 Å². The first kappa shape index (κ1) is 17.9. The van der Waals surface area contributed by atoms with E-state index in [2.05, 4.69) is 51.8 Å². The van der Waals surface area contributed by atoms with E-state index in [0.717, 1.165) is 32.6 Å². The highest BCUT2D eigenvalue weighted by molar-refractivity contribution is 4.88. The summed E-state index contributed by atoms with van der Waals surface area (Å²) in [6.45, 7) is 17.7. The highest BCUT2D eigenvalue weighted by atomic mass is 16.5. The SMILES string of the molecule is CCCNC(CN(CC)CC(C)C)C(C)(C)OC. The van der Waals surface area contributed by atoms with Gasteiger partial charge >= 0.3 is 0 Å². The van der Waals surface area contributed by atoms with Crippen LogP contribution in [0.3, 0.4) is 0 Å². The summed E-state index contributed by atoms with van der Waals surface area (Å²) in [7, 11) is 1.80. The summed E-state index contributed by atoms with van der Waals surface area (Å²) in [5.74, 6) is 0.711. The van der Waals surface area contributed by atoms with E-state index in [4.69, 9.17) is 4.74 Å². The van der Waals surface area contributed by atoms with Crippen molar-refractivity contribution in [1.82, 2.24) is 10.2 Å². The lowest BCUT2D eigenvalue weighted by Crippen LogP contribution is -2.54. The van der Waals surface area contributed by atoms with Gasteiger partial charge in [0.05, 0.1) is 5.60 Å². The van der Waals surface area contributed by atoms with Crippen LogP contribution in [0.15, 0.2) is 0 Å². The molecule has 3 nitrogen and oxygen atoms in total. The topological polar surface area (TPSA) is 24.5 Å². The van der Waals surface area contributed by atoms with Crippen molar-refractivity contribution in [3.05, 3.63) is 0 Å². The summed E-state index contributed by atoms with van der Waals surface area (Å²) in [5, 5.41) is 3.63. The summed E-state index contributed by atoms with van der Waals surface area (Å²) < 4.78 is 5.66. The number of hydrogen-bond acceptors (Lipinski definition) is 3. The smallest absolute Gasteiger partial charge is 0.0787 e. The molecule has 0 fully saturated rings. The van der Waals surface area contributed by atoms with Gasteiger partial charge in [-0.05, 0) is 39.3 Å². The van der Waals surface area contributed by atoms with Gasteiger partial charge in [0.1, 0.15) is 0 Å². The fraction of sp³-hybridized carbons (Fsp3) is 1.00. The summed E-state index contributed by atoms with van der Waals surface area (Å²) >= 11 is 0. The first-order chi connectivity index (χ1) is 8.37. The Kier molecular flexibility index (Phi) is 8.83. The second kappa shape index (κ2) is 8.89. The number of methoxy groups -OCH3 is 1. The van der Waals surface area contributed by atoms with E-state index in [1.54, 1.807) is 7.11 Å². The number of rotatable bonds is 10. The van der Waals surface area contributed by atoms with Gasteiger partial charge in [0, 0.05) is 26.2 Å². The highest BCUT2D eigenvalue weighted by Gasteiger charge is 2.30. The molecule has 0 bridgehead atoms. The molecular formula is C15H34N2O. The number of ether oxygens (including phenoxy) is 1. The summed E-state index contributed by atoms with van der Waals surface area (Å²) in [4.78, 5) is 2.51. The van der Waals surface area contributed by atoms with E-state index in [0.29, 0.717) is 12.0 Å². The maximum Gasteiger partial charge on any atom is 0.0787 e. The van der Waals surface area contributed by atoms with Gasteiger partial charge in [0.15, 0.2) is 0 Å². The molecule has 0 spiro atoms. The first-order valence-corrected chi connectivity index (χ1v) is 7.38. The van der Waals surface area contributed by atoms with Crippen molar-refractivity contribution < 1.29 is 4.74 Å². The highest BCUT2D eigenvalue weighted by Crippen LogP contribution is 2.15. The maximum atomic E-state index is 5.66. The lowest BCUT2D eigenvalue weighted by atomic mass is 9.97. The van der Waals surface area contributed by atoms with E-state index in [1.807, 2.05) is 0 Å². The second-order valence-electron chi connectivity index (χ2n) is 6.06. The lowest BCUT2D eigenvalue weighted by Gasteiger charge is -2.37. The zero-order valence-electron chi connectivity index (χ0n) is 13.5. The molecule has 110 valence electrons. The molecule has 0 amide bonds. The van der Waals surface area contributed by atoms with Gasteiger partial charge in [0.2, 0.25) is 0 Å². The quantitative estimate of drug-likeness (QED) is 0.652.